The summed E-state index contributed by atoms with van der Waals surface area (Å²) in [5.41, 5.74) is 4.97. The van der Waals surface area contributed by atoms with Crippen molar-refractivity contribution in [2.24, 2.45) is 5.41 Å². The highest BCUT2D eigenvalue weighted by Crippen LogP contribution is 2.48. The van der Waals surface area contributed by atoms with Crippen LogP contribution in [0.4, 0.5) is 15.8 Å². The van der Waals surface area contributed by atoms with Gasteiger partial charge >= 0.3 is 0 Å². The molecule has 1 saturated heterocycles. The van der Waals surface area contributed by atoms with Crippen LogP contribution >= 0.6 is 0 Å². The summed E-state index contributed by atoms with van der Waals surface area (Å²) in [7, 11) is 0. The Labute approximate surface area is 257 Å². The molecule has 9 heteroatoms. The van der Waals surface area contributed by atoms with E-state index in [0.717, 1.165) is 59.3 Å². The number of ketones is 1. The molecule has 4 aliphatic rings. The molecule has 1 amide bonds. The van der Waals surface area contributed by atoms with Gasteiger partial charge in [0.05, 0.1) is 24.0 Å². The highest BCUT2D eigenvalue weighted by molar-refractivity contribution is 6.01. The van der Waals surface area contributed by atoms with E-state index in [0.29, 0.717) is 31.5 Å². The van der Waals surface area contributed by atoms with Crippen molar-refractivity contribution in [3.63, 3.8) is 0 Å². The SMILES string of the molecule is CC1(C)CC(=O)C2=C(C1)Nc1ccccc1N(CC(=O)N1CCN(Cc3ccc4c(c3)OCO4)CC1)C2c1ccc(F)cc1. The van der Waals surface area contributed by atoms with Crippen molar-refractivity contribution in [2.75, 3.05) is 49.7 Å². The van der Waals surface area contributed by atoms with Gasteiger partial charge in [0.2, 0.25) is 12.7 Å². The fourth-order valence-corrected chi connectivity index (χ4v) is 6.92. The van der Waals surface area contributed by atoms with Gasteiger partial charge in [-0.2, -0.15) is 0 Å². The number of benzene rings is 3. The van der Waals surface area contributed by atoms with E-state index in [9.17, 15) is 14.0 Å². The smallest absolute Gasteiger partial charge is 0.242 e. The van der Waals surface area contributed by atoms with Crippen LogP contribution in [0, 0.1) is 11.2 Å². The minimum absolute atomic E-state index is 0.00211. The zero-order valence-corrected chi connectivity index (χ0v) is 25.1. The number of halogens is 1. The van der Waals surface area contributed by atoms with Crippen molar-refractivity contribution in [2.45, 2.75) is 39.3 Å². The van der Waals surface area contributed by atoms with Crippen LogP contribution in [0.2, 0.25) is 0 Å². The molecule has 3 heterocycles. The van der Waals surface area contributed by atoms with Crippen LogP contribution in [0.1, 0.15) is 43.9 Å². The van der Waals surface area contributed by atoms with Crippen molar-refractivity contribution < 1.29 is 23.5 Å². The lowest BCUT2D eigenvalue weighted by atomic mass is 9.73. The lowest BCUT2D eigenvalue weighted by Gasteiger charge is -2.40. The summed E-state index contributed by atoms with van der Waals surface area (Å²) in [6.07, 6.45) is 1.11. The largest absolute Gasteiger partial charge is 0.454 e. The first kappa shape index (κ1) is 28.4. The molecule has 1 aliphatic carbocycles. The van der Waals surface area contributed by atoms with Gasteiger partial charge in [-0.3, -0.25) is 14.5 Å². The second-order valence-corrected chi connectivity index (χ2v) is 12.9. The zero-order chi connectivity index (χ0) is 30.4. The predicted octanol–water partition coefficient (Wildman–Crippen LogP) is 5.52. The summed E-state index contributed by atoms with van der Waals surface area (Å²) in [6.45, 7) is 8.05. The van der Waals surface area contributed by atoms with Gasteiger partial charge in [0.1, 0.15) is 5.82 Å². The highest BCUT2D eigenvalue weighted by atomic mass is 19.1. The third kappa shape index (κ3) is 5.52. The number of hydrogen-bond acceptors (Lipinski definition) is 7. The number of hydrogen-bond donors (Lipinski definition) is 1. The monoisotopic (exact) mass is 596 g/mol. The van der Waals surface area contributed by atoms with E-state index >= 15 is 0 Å². The zero-order valence-electron chi connectivity index (χ0n) is 25.1. The van der Waals surface area contributed by atoms with E-state index in [4.69, 9.17) is 9.47 Å². The number of piperazine rings is 1. The van der Waals surface area contributed by atoms with E-state index in [2.05, 4.69) is 30.1 Å². The Morgan fingerprint density at radius 3 is 2.50 bits per heavy atom. The van der Waals surface area contributed by atoms with Crippen LogP contribution in [0.25, 0.3) is 0 Å². The second-order valence-electron chi connectivity index (χ2n) is 12.9. The van der Waals surface area contributed by atoms with E-state index in [1.165, 1.54) is 12.1 Å². The molecule has 44 heavy (non-hydrogen) atoms. The van der Waals surface area contributed by atoms with Crippen LogP contribution in [0.3, 0.4) is 0 Å². The molecular formula is C35H37FN4O4. The Hall–Kier alpha value is -4.37. The Balaban J connectivity index is 1.15. The number of nitrogens with zero attached hydrogens (tertiary/aromatic N) is 3. The summed E-state index contributed by atoms with van der Waals surface area (Å²) in [4.78, 5) is 34.2. The predicted molar refractivity (Wildman–Crippen MR) is 166 cm³/mol. The van der Waals surface area contributed by atoms with Crippen LogP contribution in [0.15, 0.2) is 78.0 Å². The lowest BCUT2D eigenvalue weighted by molar-refractivity contribution is -0.131. The van der Waals surface area contributed by atoms with Crippen molar-refractivity contribution in [3.05, 3.63) is 94.9 Å². The molecular weight excluding hydrogens is 559 g/mol. The average Bonchev–Trinajstić information content (AvgIpc) is 3.42. The number of fused-ring (bicyclic) bond motifs is 2. The first-order valence-electron chi connectivity index (χ1n) is 15.3. The molecule has 8 nitrogen and oxygen atoms in total. The molecule has 1 N–H and O–H groups in total. The average molecular weight is 597 g/mol. The first-order valence-corrected chi connectivity index (χ1v) is 15.3. The number of anilines is 2. The van der Waals surface area contributed by atoms with Gasteiger partial charge < -0.3 is 24.6 Å². The van der Waals surface area contributed by atoms with Gasteiger partial charge in [0, 0.05) is 50.4 Å². The molecule has 3 aromatic rings. The number of ether oxygens (including phenoxy) is 2. The highest BCUT2D eigenvalue weighted by Gasteiger charge is 2.42. The fraction of sp³-hybridized carbons (Fsp3) is 0.371. The molecule has 0 radical (unpaired) electrons. The van der Waals surface area contributed by atoms with Gasteiger partial charge in [0.25, 0.3) is 0 Å². The Kier molecular flexibility index (Phi) is 7.28. The fourth-order valence-electron chi connectivity index (χ4n) is 6.92. The van der Waals surface area contributed by atoms with E-state index in [-0.39, 0.29) is 36.3 Å². The molecule has 0 saturated carbocycles. The second kappa shape index (κ2) is 11.3. The van der Waals surface area contributed by atoms with Gasteiger partial charge in [-0.15, -0.1) is 0 Å². The number of carbonyl (C=O) groups excluding carboxylic acids is 2. The van der Waals surface area contributed by atoms with Gasteiger partial charge in [-0.25, -0.2) is 4.39 Å². The maximum Gasteiger partial charge on any atom is 0.242 e. The topological polar surface area (TPSA) is 74.4 Å². The number of carbonyl (C=O) groups is 2. The molecule has 1 fully saturated rings. The van der Waals surface area contributed by atoms with Crippen molar-refractivity contribution in [3.8, 4) is 11.5 Å². The third-order valence-corrected chi connectivity index (χ3v) is 9.06. The number of allylic oxidation sites excluding steroid dienone is 1. The summed E-state index contributed by atoms with van der Waals surface area (Å²) in [6, 6.07) is 19.7. The maximum absolute atomic E-state index is 14.1. The van der Waals surface area contributed by atoms with Crippen LogP contribution < -0.4 is 19.7 Å². The van der Waals surface area contributed by atoms with Crippen LogP contribution in [0.5, 0.6) is 11.5 Å². The lowest BCUT2D eigenvalue weighted by Crippen LogP contribution is -2.51. The number of Topliss-reactive ketones (excluding diaryl/α,β-unsaturated/α-hetero) is 1. The molecule has 0 spiro atoms. The number of rotatable bonds is 5. The van der Waals surface area contributed by atoms with E-state index in [1.807, 2.05) is 46.2 Å². The Morgan fingerprint density at radius 1 is 0.955 bits per heavy atom. The first-order chi connectivity index (χ1) is 21.2. The van der Waals surface area contributed by atoms with Crippen LogP contribution in [-0.4, -0.2) is 61.0 Å². The molecule has 7 rings (SSSR count). The minimum atomic E-state index is -0.526. The normalized spacial score (nSPS) is 21.0. The van der Waals surface area contributed by atoms with Crippen molar-refractivity contribution >= 4 is 23.1 Å². The molecule has 3 aliphatic heterocycles. The Bertz CT molecular complexity index is 1630. The maximum atomic E-state index is 14.1. The van der Waals surface area contributed by atoms with Crippen molar-refractivity contribution in [1.82, 2.24) is 9.80 Å². The summed E-state index contributed by atoms with van der Waals surface area (Å²) < 4.78 is 25.0. The molecule has 1 unspecified atom stereocenters. The quantitative estimate of drug-likeness (QED) is 0.416. The number of amides is 1. The van der Waals surface area contributed by atoms with E-state index < -0.39 is 6.04 Å². The molecule has 1 atom stereocenters. The Morgan fingerprint density at radius 2 is 1.70 bits per heavy atom. The molecule has 0 bridgehead atoms. The third-order valence-electron chi connectivity index (χ3n) is 9.06. The molecule has 228 valence electrons. The number of para-hydroxylation sites is 2. The number of nitrogens with one attached hydrogen (secondary N) is 1. The van der Waals surface area contributed by atoms with Gasteiger partial charge in [0.15, 0.2) is 17.3 Å². The molecule has 3 aromatic carbocycles. The summed E-state index contributed by atoms with van der Waals surface area (Å²) in [5, 5.41) is 3.58. The summed E-state index contributed by atoms with van der Waals surface area (Å²) >= 11 is 0. The summed E-state index contributed by atoms with van der Waals surface area (Å²) in [5.74, 6) is 1.27. The molecule has 0 aromatic heterocycles. The standard InChI is InChI=1S/C35H37FN4O4/c1-35(2)18-27-33(29(41)19-35)34(24-8-10-25(36)11-9-24)40(28-6-4-3-5-26(28)37-27)21-32(42)39-15-13-38(14-16-39)20-23-7-12-30-31(17-23)44-22-43-30/h3-12,17,34,37H,13-16,18-22H2,1-2H3. The van der Waals surface area contributed by atoms with E-state index in [1.54, 1.807) is 12.1 Å². The van der Waals surface area contributed by atoms with Gasteiger partial charge in [-0.1, -0.05) is 44.2 Å². The van der Waals surface area contributed by atoms with Crippen molar-refractivity contribution in [1.29, 1.82) is 0 Å². The van der Waals surface area contributed by atoms with Crippen LogP contribution in [-0.2, 0) is 16.1 Å². The van der Waals surface area contributed by atoms with Gasteiger partial charge in [-0.05, 0) is 59.4 Å². The minimum Gasteiger partial charge on any atom is -0.454 e.